The molecule has 2 rings (SSSR count). The van der Waals surface area contributed by atoms with Crippen LogP contribution in [0.4, 0.5) is 5.82 Å². The smallest absolute Gasteiger partial charge is 0.161 e. The minimum Gasteiger partial charge on any atom is -0.389 e. The number of nitrogens with zero attached hydrogens (tertiary/aromatic N) is 3. The van der Waals surface area contributed by atoms with Crippen molar-refractivity contribution in [2.24, 2.45) is 5.73 Å². The van der Waals surface area contributed by atoms with Crippen molar-refractivity contribution >= 4 is 23.0 Å². The van der Waals surface area contributed by atoms with Crippen molar-refractivity contribution in [2.45, 2.75) is 25.4 Å². The van der Waals surface area contributed by atoms with Gasteiger partial charge in [-0.2, -0.15) is 5.10 Å². The maximum absolute atomic E-state index is 5.72. The molecule has 2 heterocycles. The summed E-state index contributed by atoms with van der Waals surface area (Å²) >= 11 is 5.03. The maximum Gasteiger partial charge on any atom is 0.161 e. The van der Waals surface area contributed by atoms with Crippen LogP contribution in [0.1, 0.15) is 24.8 Å². The molecule has 1 atom stereocenters. The van der Waals surface area contributed by atoms with E-state index in [9.17, 15) is 0 Å². The molecule has 0 radical (unpaired) electrons. The van der Waals surface area contributed by atoms with Gasteiger partial charge in [0.25, 0.3) is 0 Å². The first-order chi connectivity index (χ1) is 8.68. The molecule has 0 bridgehead atoms. The zero-order valence-corrected chi connectivity index (χ0v) is 11.3. The third-order valence-electron chi connectivity index (χ3n) is 3.08. The quantitative estimate of drug-likeness (QED) is 0.824. The molecule has 1 unspecified atom stereocenters. The van der Waals surface area contributed by atoms with Gasteiger partial charge in [-0.3, -0.25) is 0 Å². The van der Waals surface area contributed by atoms with Gasteiger partial charge in [0.2, 0.25) is 0 Å². The van der Waals surface area contributed by atoms with E-state index in [1.54, 1.807) is 12.3 Å². The molecule has 98 valence electrons. The van der Waals surface area contributed by atoms with Crippen LogP contribution in [0.15, 0.2) is 12.3 Å². The fourth-order valence-electron chi connectivity index (χ4n) is 2.14. The predicted octanol–water partition coefficient (Wildman–Crippen LogP) is 1.12. The van der Waals surface area contributed by atoms with E-state index in [2.05, 4.69) is 10.2 Å². The number of hydrogen-bond donors (Lipinski definition) is 1. The third kappa shape index (κ3) is 3.14. The summed E-state index contributed by atoms with van der Waals surface area (Å²) in [5, 5.41) is 8.01. The summed E-state index contributed by atoms with van der Waals surface area (Å²) in [6.45, 7) is 1.63. The second-order valence-electron chi connectivity index (χ2n) is 4.50. The summed E-state index contributed by atoms with van der Waals surface area (Å²) in [7, 11) is 1.96. The standard InChI is InChI=1S/C12H18N4OS/c1-16(8-9-4-2-3-7-17-9)12-10(11(13)18)5-6-14-15-12/h5-6,9H,2-4,7-8H2,1H3,(H2,13,18). The molecule has 0 amide bonds. The van der Waals surface area contributed by atoms with Gasteiger partial charge in [0, 0.05) is 20.2 Å². The SMILES string of the molecule is CN(CC1CCCCO1)c1nnccc1C(N)=S. The van der Waals surface area contributed by atoms with Crippen LogP contribution in [-0.2, 0) is 4.74 Å². The largest absolute Gasteiger partial charge is 0.389 e. The van der Waals surface area contributed by atoms with Gasteiger partial charge >= 0.3 is 0 Å². The predicted molar refractivity (Wildman–Crippen MR) is 74.8 cm³/mol. The number of hydrogen-bond acceptors (Lipinski definition) is 5. The molecule has 1 fully saturated rings. The van der Waals surface area contributed by atoms with Gasteiger partial charge in [0.1, 0.15) is 4.99 Å². The van der Waals surface area contributed by atoms with Crippen molar-refractivity contribution in [3.63, 3.8) is 0 Å². The number of ether oxygens (including phenoxy) is 1. The molecule has 1 aromatic heterocycles. The summed E-state index contributed by atoms with van der Waals surface area (Å²) in [6, 6.07) is 1.79. The number of likely N-dealkylation sites (N-methyl/N-ethyl adjacent to an activating group) is 1. The molecule has 1 aromatic rings. The van der Waals surface area contributed by atoms with E-state index in [0.29, 0.717) is 4.99 Å². The van der Waals surface area contributed by atoms with Gasteiger partial charge < -0.3 is 15.4 Å². The summed E-state index contributed by atoms with van der Waals surface area (Å²) in [4.78, 5) is 2.36. The normalized spacial score (nSPS) is 19.5. The number of nitrogens with two attached hydrogens (primary N) is 1. The molecule has 6 heteroatoms. The van der Waals surface area contributed by atoms with Crippen LogP contribution >= 0.6 is 12.2 Å². The number of rotatable bonds is 4. The summed E-state index contributed by atoms with van der Waals surface area (Å²) in [6.07, 6.45) is 5.32. The molecule has 18 heavy (non-hydrogen) atoms. The van der Waals surface area contributed by atoms with Gasteiger partial charge in [0.15, 0.2) is 5.82 Å². The number of anilines is 1. The molecule has 5 nitrogen and oxygen atoms in total. The Morgan fingerprint density at radius 3 is 3.11 bits per heavy atom. The molecule has 1 aliphatic rings. The number of thiocarbonyl (C=S) groups is 1. The maximum atomic E-state index is 5.72. The molecule has 1 saturated heterocycles. The lowest BCUT2D eigenvalue weighted by Crippen LogP contribution is -2.35. The van der Waals surface area contributed by atoms with Gasteiger partial charge in [0.05, 0.1) is 17.9 Å². The van der Waals surface area contributed by atoms with E-state index in [1.165, 1.54) is 6.42 Å². The molecule has 0 aliphatic carbocycles. The summed E-state index contributed by atoms with van der Waals surface area (Å²) in [5.74, 6) is 0.721. The van der Waals surface area contributed by atoms with Crippen molar-refractivity contribution in [3.8, 4) is 0 Å². The Labute approximate surface area is 112 Å². The lowest BCUT2D eigenvalue weighted by Gasteiger charge is -2.28. The average molecular weight is 266 g/mol. The zero-order chi connectivity index (χ0) is 13.0. The highest BCUT2D eigenvalue weighted by Gasteiger charge is 2.19. The lowest BCUT2D eigenvalue weighted by atomic mass is 10.1. The fourth-order valence-corrected chi connectivity index (χ4v) is 2.30. The first-order valence-electron chi connectivity index (χ1n) is 6.12. The first kappa shape index (κ1) is 13.2. The third-order valence-corrected chi connectivity index (χ3v) is 3.30. The van der Waals surface area contributed by atoms with Crippen LogP contribution in [0.25, 0.3) is 0 Å². The monoisotopic (exact) mass is 266 g/mol. The lowest BCUT2D eigenvalue weighted by molar-refractivity contribution is 0.0215. The van der Waals surface area contributed by atoms with Gasteiger partial charge in [-0.15, -0.1) is 5.10 Å². The van der Waals surface area contributed by atoms with Crippen molar-refractivity contribution in [3.05, 3.63) is 17.8 Å². The highest BCUT2D eigenvalue weighted by Crippen LogP contribution is 2.18. The van der Waals surface area contributed by atoms with Crippen LogP contribution < -0.4 is 10.6 Å². The Morgan fingerprint density at radius 1 is 1.61 bits per heavy atom. The topological polar surface area (TPSA) is 64.3 Å². The molecular formula is C12H18N4OS. The second kappa shape index (κ2) is 6.06. The van der Waals surface area contributed by atoms with Gasteiger partial charge in [-0.25, -0.2) is 0 Å². The molecule has 0 saturated carbocycles. The molecular weight excluding hydrogens is 248 g/mol. The van der Waals surface area contributed by atoms with E-state index in [4.69, 9.17) is 22.7 Å². The summed E-state index contributed by atoms with van der Waals surface area (Å²) < 4.78 is 5.72. The molecule has 1 aliphatic heterocycles. The van der Waals surface area contributed by atoms with E-state index in [0.717, 1.165) is 37.4 Å². The zero-order valence-electron chi connectivity index (χ0n) is 10.5. The van der Waals surface area contributed by atoms with Crippen molar-refractivity contribution in [2.75, 3.05) is 25.1 Å². The van der Waals surface area contributed by atoms with Crippen LogP contribution in [0.5, 0.6) is 0 Å². The Morgan fingerprint density at radius 2 is 2.44 bits per heavy atom. The van der Waals surface area contributed by atoms with E-state index >= 15 is 0 Å². The summed E-state index contributed by atoms with van der Waals surface area (Å²) in [5.41, 5.74) is 6.45. The van der Waals surface area contributed by atoms with Crippen molar-refractivity contribution in [1.82, 2.24) is 10.2 Å². The Bertz CT molecular complexity index is 420. The van der Waals surface area contributed by atoms with Crippen LogP contribution in [0, 0.1) is 0 Å². The van der Waals surface area contributed by atoms with Crippen LogP contribution in [-0.4, -0.2) is 41.5 Å². The first-order valence-corrected chi connectivity index (χ1v) is 6.53. The van der Waals surface area contributed by atoms with E-state index in [1.807, 2.05) is 11.9 Å². The minimum atomic E-state index is 0.255. The molecule has 2 N–H and O–H groups in total. The Kier molecular flexibility index (Phi) is 4.43. The highest BCUT2D eigenvalue weighted by molar-refractivity contribution is 7.80. The van der Waals surface area contributed by atoms with E-state index < -0.39 is 0 Å². The van der Waals surface area contributed by atoms with Crippen molar-refractivity contribution < 1.29 is 4.74 Å². The Hall–Kier alpha value is -1.27. The van der Waals surface area contributed by atoms with Crippen LogP contribution in [0.3, 0.4) is 0 Å². The van der Waals surface area contributed by atoms with Gasteiger partial charge in [-0.05, 0) is 25.3 Å². The van der Waals surface area contributed by atoms with Gasteiger partial charge in [-0.1, -0.05) is 12.2 Å². The fraction of sp³-hybridized carbons (Fsp3) is 0.583. The molecule has 0 aromatic carbocycles. The average Bonchev–Trinajstić information content (AvgIpc) is 2.40. The second-order valence-corrected chi connectivity index (χ2v) is 4.94. The van der Waals surface area contributed by atoms with E-state index in [-0.39, 0.29) is 6.10 Å². The van der Waals surface area contributed by atoms with Crippen LogP contribution in [0.2, 0.25) is 0 Å². The Balaban J connectivity index is 2.08. The number of aromatic nitrogens is 2. The minimum absolute atomic E-state index is 0.255. The highest BCUT2D eigenvalue weighted by atomic mass is 32.1. The van der Waals surface area contributed by atoms with Crippen molar-refractivity contribution in [1.29, 1.82) is 0 Å². The molecule has 0 spiro atoms.